The van der Waals surface area contributed by atoms with Crippen molar-refractivity contribution >= 4 is 5.82 Å². The average Bonchev–Trinajstić information content (AvgIpc) is 2.28. The first-order valence-electron chi connectivity index (χ1n) is 4.85. The van der Waals surface area contributed by atoms with Gasteiger partial charge in [-0.15, -0.1) is 0 Å². The van der Waals surface area contributed by atoms with Crippen molar-refractivity contribution in [3.63, 3.8) is 0 Å². The molecule has 0 aliphatic heterocycles. The Balaban J connectivity index is 2.05. The van der Waals surface area contributed by atoms with Crippen LogP contribution in [0.1, 0.15) is 5.56 Å². The van der Waals surface area contributed by atoms with Crippen molar-refractivity contribution in [1.82, 2.24) is 4.98 Å². The second-order valence-corrected chi connectivity index (χ2v) is 3.29. The summed E-state index contributed by atoms with van der Waals surface area (Å²) < 4.78 is 26.0. The SMILES string of the molecule is Fc1cccc(NCc2ccccc2F)n1. The molecular weight excluding hydrogens is 210 g/mol. The third-order valence-electron chi connectivity index (χ3n) is 2.13. The molecule has 0 bridgehead atoms. The fourth-order valence-corrected chi connectivity index (χ4v) is 1.33. The van der Waals surface area contributed by atoms with Crippen molar-refractivity contribution < 1.29 is 8.78 Å². The Morgan fingerprint density at radius 1 is 1.00 bits per heavy atom. The first-order valence-corrected chi connectivity index (χ1v) is 4.85. The van der Waals surface area contributed by atoms with Crippen molar-refractivity contribution in [3.8, 4) is 0 Å². The standard InChI is InChI=1S/C12H10F2N2/c13-10-5-2-1-4-9(10)8-15-12-7-3-6-11(14)16-12/h1-7H,8H2,(H,15,16). The predicted molar refractivity (Wildman–Crippen MR) is 57.9 cm³/mol. The van der Waals surface area contributed by atoms with Crippen LogP contribution < -0.4 is 5.32 Å². The molecule has 0 saturated heterocycles. The summed E-state index contributed by atoms with van der Waals surface area (Å²) in [6.45, 7) is 0.281. The molecule has 16 heavy (non-hydrogen) atoms. The molecule has 1 aromatic heterocycles. The lowest BCUT2D eigenvalue weighted by molar-refractivity contribution is 0.584. The van der Waals surface area contributed by atoms with Crippen molar-refractivity contribution in [2.75, 3.05) is 5.32 Å². The van der Waals surface area contributed by atoms with Gasteiger partial charge in [0.05, 0.1) is 0 Å². The zero-order valence-corrected chi connectivity index (χ0v) is 8.45. The molecule has 0 radical (unpaired) electrons. The topological polar surface area (TPSA) is 24.9 Å². The summed E-state index contributed by atoms with van der Waals surface area (Å²) in [4.78, 5) is 3.62. The molecule has 4 heteroatoms. The van der Waals surface area contributed by atoms with Gasteiger partial charge in [0.1, 0.15) is 11.6 Å². The zero-order valence-electron chi connectivity index (χ0n) is 8.45. The van der Waals surface area contributed by atoms with E-state index in [0.29, 0.717) is 11.4 Å². The summed E-state index contributed by atoms with van der Waals surface area (Å²) >= 11 is 0. The van der Waals surface area contributed by atoms with Gasteiger partial charge in [-0.2, -0.15) is 4.39 Å². The molecule has 0 saturated carbocycles. The molecule has 0 spiro atoms. The maximum atomic E-state index is 13.2. The molecule has 0 amide bonds. The summed E-state index contributed by atoms with van der Waals surface area (Å²) in [7, 11) is 0. The number of benzene rings is 1. The zero-order chi connectivity index (χ0) is 11.4. The lowest BCUT2D eigenvalue weighted by atomic mass is 10.2. The molecular formula is C12H10F2N2. The van der Waals surface area contributed by atoms with Gasteiger partial charge in [-0.3, -0.25) is 0 Å². The van der Waals surface area contributed by atoms with Crippen LogP contribution in [0.25, 0.3) is 0 Å². The Labute approximate surface area is 92.0 Å². The molecule has 1 N–H and O–H groups in total. The van der Waals surface area contributed by atoms with Crippen molar-refractivity contribution in [2.24, 2.45) is 0 Å². The van der Waals surface area contributed by atoms with Gasteiger partial charge in [-0.1, -0.05) is 24.3 Å². The van der Waals surface area contributed by atoms with Crippen LogP contribution in [-0.2, 0) is 6.54 Å². The first-order chi connectivity index (χ1) is 7.75. The smallest absolute Gasteiger partial charge is 0.214 e. The predicted octanol–water partition coefficient (Wildman–Crippen LogP) is 2.97. The summed E-state index contributed by atoms with van der Waals surface area (Å²) in [6, 6.07) is 10.9. The van der Waals surface area contributed by atoms with Crippen LogP contribution >= 0.6 is 0 Å². The highest BCUT2D eigenvalue weighted by Gasteiger charge is 2.01. The van der Waals surface area contributed by atoms with Crippen LogP contribution in [0.4, 0.5) is 14.6 Å². The highest BCUT2D eigenvalue weighted by Crippen LogP contribution is 2.09. The van der Waals surface area contributed by atoms with E-state index in [1.165, 1.54) is 12.1 Å². The van der Waals surface area contributed by atoms with Crippen LogP contribution in [-0.4, -0.2) is 4.98 Å². The fourth-order valence-electron chi connectivity index (χ4n) is 1.33. The van der Waals surface area contributed by atoms with E-state index < -0.39 is 5.95 Å². The number of rotatable bonds is 3. The minimum atomic E-state index is -0.557. The summed E-state index contributed by atoms with van der Waals surface area (Å²) in [5.74, 6) is -0.451. The molecule has 82 valence electrons. The maximum absolute atomic E-state index is 13.2. The van der Waals surface area contributed by atoms with Gasteiger partial charge < -0.3 is 5.32 Å². The van der Waals surface area contributed by atoms with Crippen LogP contribution in [0.5, 0.6) is 0 Å². The van der Waals surface area contributed by atoms with Gasteiger partial charge in [-0.05, 0) is 18.2 Å². The number of nitrogens with zero attached hydrogens (tertiary/aromatic N) is 1. The number of pyridine rings is 1. The quantitative estimate of drug-likeness (QED) is 0.804. The van der Waals surface area contributed by atoms with Gasteiger partial charge in [0.2, 0.25) is 5.95 Å². The van der Waals surface area contributed by atoms with Crippen LogP contribution in [0, 0.1) is 11.8 Å². The van der Waals surface area contributed by atoms with E-state index in [-0.39, 0.29) is 12.4 Å². The van der Waals surface area contributed by atoms with E-state index >= 15 is 0 Å². The Hall–Kier alpha value is -1.97. The van der Waals surface area contributed by atoms with Crippen molar-refractivity contribution in [2.45, 2.75) is 6.54 Å². The minimum Gasteiger partial charge on any atom is -0.366 e. The van der Waals surface area contributed by atoms with Crippen LogP contribution in [0.3, 0.4) is 0 Å². The Kier molecular flexibility index (Phi) is 3.10. The number of aromatic nitrogens is 1. The summed E-state index contributed by atoms with van der Waals surface area (Å²) in [5, 5.41) is 2.85. The normalized spacial score (nSPS) is 10.1. The monoisotopic (exact) mass is 220 g/mol. The number of anilines is 1. The molecule has 0 unspecified atom stereocenters. The molecule has 0 aliphatic carbocycles. The lowest BCUT2D eigenvalue weighted by Gasteiger charge is -2.06. The minimum absolute atomic E-state index is 0.281. The molecule has 0 atom stereocenters. The van der Waals surface area contributed by atoms with Crippen molar-refractivity contribution in [3.05, 3.63) is 59.8 Å². The van der Waals surface area contributed by atoms with Gasteiger partial charge in [0, 0.05) is 12.1 Å². The largest absolute Gasteiger partial charge is 0.366 e. The third-order valence-corrected chi connectivity index (χ3v) is 2.13. The molecule has 2 aromatic rings. The van der Waals surface area contributed by atoms with E-state index in [2.05, 4.69) is 10.3 Å². The van der Waals surface area contributed by atoms with E-state index in [9.17, 15) is 8.78 Å². The molecule has 2 nitrogen and oxygen atoms in total. The Morgan fingerprint density at radius 2 is 1.81 bits per heavy atom. The highest BCUT2D eigenvalue weighted by atomic mass is 19.1. The highest BCUT2D eigenvalue weighted by molar-refractivity contribution is 5.35. The van der Waals surface area contributed by atoms with E-state index in [1.807, 2.05) is 0 Å². The summed E-state index contributed by atoms with van der Waals surface area (Å²) in [5.41, 5.74) is 0.522. The maximum Gasteiger partial charge on any atom is 0.214 e. The molecule has 0 aliphatic rings. The van der Waals surface area contributed by atoms with Gasteiger partial charge in [0.15, 0.2) is 0 Å². The molecule has 2 rings (SSSR count). The average molecular weight is 220 g/mol. The fraction of sp³-hybridized carbons (Fsp3) is 0.0833. The van der Waals surface area contributed by atoms with Gasteiger partial charge >= 0.3 is 0 Å². The first kappa shape index (κ1) is 10.5. The number of nitrogens with one attached hydrogen (secondary N) is 1. The number of hydrogen-bond acceptors (Lipinski definition) is 2. The van der Waals surface area contributed by atoms with Crippen molar-refractivity contribution in [1.29, 1.82) is 0 Å². The Morgan fingerprint density at radius 3 is 2.56 bits per heavy atom. The second-order valence-electron chi connectivity index (χ2n) is 3.29. The van der Waals surface area contributed by atoms with Gasteiger partial charge in [0.25, 0.3) is 0 Å². The Bertz CT molecular complexity index is 486. The lowest BCUT2D eigenvalue weighted by Crippen LogP contribution is -2.03. The molecule has 0 fully saturated rings. The molecule has 1 aromatic carbocycles. The number of halogens is 2. The number of hydrogen-bond donors (Lipinski definition) is 1. The molecule has 1 heterocycles. The second kappa shape index (κ2) is 4.70. The summed E-state index contributed by atoms with van der Waals surface area (Å²) in [6.07, 6.45) is 0. The van der Waals surface area contributed by atoms with E-state index in [1.54, 1.807) is 30.3 Å². The van der Waals surface area contributed by atoms with Gasteiger partial charge in [-0.25, -0.2) is 9.37 Å². The third kappa shape index (κ3) is 2.53. The van der Waals surface area contributed by atoms with Crippen LogP contribution in [0.15, 0.2) is 42.5 Å². The van der Waals surface area contributed by atoms with E-state index in [0.717, 1.165) is 0 Å². The van der Waals surface area contributed by atoms with E-state index in [4.69, 9.17) is 0 Å². The van der Waals surface area contributed by atoms with Crippen LogP contribution in [0.2, 0.25) is 0 Å².